The van der Waals surface area contributed by atoms with Gasteiger partial charge in [0.25, 0.3) is 17.7 Å². The van der Waals surface area contributed by atoms with Gasteiger partial charge in [0.15, 0.2) is 11.2 Å². The number of fused-ring (bicyclic) bond motifs is 2. The van der Waals surface area contributed by atoms with Crippen LogP contribution in [0.25, 0.3) is 0 Å². The third-order valence-electron chi connectivity index (χ3n) is 10.8. The third-order valence-corrected chi connectivity index (χ3v) is 10.8. The van der Waals surface area contributed by atoms with Crippen molar-refractivity contribution in [3.05, 3.63) is 46.5 Å². The van der Waals surface area contributed by atoms with Gasteiger partial charge in [0, 0.05) is 30.7 Å². The SMILES string of the molecule is CCCCCN1C(=O)C(C)(C)Oc2cc(C)c(C(=O)N(C(C)C)C3CCCCC3)cc21.CCCCCN1C(=O)C(C)(C)Oc2cc(C)c(C(=O)OC)cc21. The zero-order valence-corrected chi connectivity index (χ0v) is 34.9. The molecule has 2 aliphatic heterocycles. The van der Waals surface area contributed by atoms with E-state index in [1.165, 1.54) is 26.4 Å². The maximum Gasteiger partial charge on any atom is 0.338 e. The number of amides is 3. The fourth-order valence-electron chi connectivity index (χ4n) is 7.80. The van der Waals surface area contributed by atoms with E-state index < -0.39 is 17.2 Å². The number of esters is 1. The minimum absolute atomic E-state index is 0.0358. The summed E-state index contributed by atoms with van der Waals surface area (Å²) in [6.07, 6.45) is 11.9. The zero-order chi connectivity index (χ0) is 40.0. The van der Waals surface area contributed by atoms with Gasteiger partial charge in [-0.05, 0) is 116 Å². The molecule has 0 radical (unpaired) electrons. The van der Waals surface area contributed by atoms with Crippen molar-refractivity contribution in [1.82, 2.24) is 4.90 Å². The zero-order valence-electron chi connectivity index (χ0n) is 34.9. The second kappa shape index (κ2) is 18.0. The molecule has 2 heterocycles. The van der Waals surface area contributed by atoms with Crippen LogP contribution in [0.15, 0.2) is 24.3 Å². The van der Waals surface area contributed by atoms with Gasteiger partial charge in [-0.25, -0.2) is 4.79 Å². The molecular formula is C44H65N3O7. The number of methoxy groups -OCH3 is 1. The Kier molecular flexibility index (Phi) is 14.2. The fraction of sp³-hybridized carbons (Fsp3) is 0.636. The van der Waals surface area contributed by atoms with E-state index in [4.69, 9.17) is 14.2 Å². The molecule has 3 amide bonds. The van der Waals surface area contributed by atoms with E-state index in [1.54, 1.807) is 24.8 Å². The van der Waals surface area contributed by atoms with Crippen molar-refractivity contribution in [2.75, 3.05) is 30.0 Å². The summed E-state index contributed by atoms with van der Waals surface area (Å²) in [6.45, 7) is 20.8. The van der Waals surface area contributed by atoms with Gasteiger partial charge in [-0.1, -0.05) is 58.8 Å². The van der Waals surface area contributed by atoms with Gasteiger partial charge in [-0.3, -0.25) is 14.4 Å². The Balaban J connectivity index is 0.000000252. The van der Waals surface area contributed by atoms with Gasteiger partial charge in [0.1, 0.15) is 11.5 Å². The van der Waals surface area contributed by atoms with Crippen LogP contribution in [0, 0.1) is 13.8 Å². The fourth-order valence-corrected chi connectivity index (χ4v) is 7.80. The molecule has 0 N–H and O–H groups in total. The van der Waals surface area contributed by atoms with Crippen molar-refractivity contribution >= 4 is 35.1 Å². The van der Waals surface area contributed by atoms with Gasteiger partial charge >= 0.3 is 5.97 Å². The molecule has 0 atom stereocenters. The van der Waals surface area contributed by atoms with Crippen molar-refractivity contribution in [2.45, 2.75) is 163 Å². The molecule has 0 bridgehead atoms. The van der Waals surface area contributed by atoms with E-state index in [-0.39, 0.29) is 23.8 Å². The number of rotatable bonds is 12. The van der Waals surface area contributed by atoms with Crippen LogP contribution in [-0.2, 0) is 14.3 Å². The molecule has 10 heteroatoms. The molecule has 54 heavy (non-hydrogen) atoms. The lowest BCUT2D eigenvalue weighted by Crippen LogP contribution is -2.53. The van der Waals surface area contributed by atoms with Crippen LogP contribution in [0.1, 0.15) is 158 Å². The van der Waals surface area contributed by atoms with Crippen LogP contribution in [0.4, 0.5) is 11.4 Å². The first-order valence-electron chi connectivity index (χ1n) is 20.2. The number of benzene rings is 2. The van der Waals surface area contributed by atoms with Gasteiger partial charge in [-0.2, -0.15) is 0 Å². The Morgan fingerprint density at radius 3 is 1.63 bits per heavy atom. The average molecular weight is 748 g/mol. The number of nitrogens with zero attached hydrogens (tertiary/aromatic N) is 3. The molecule has 0 unspecified atom stereocenters. The highest BCUT2D eigenvalue weighted by molar-refractivity contribution is 6.05. The minimum atomic E-state index is -0.904. The molecule has 1 aliphatic carbocycles. The first-order chi connectivity index (χ1) is 25.5. The number of unbranched alkanes of at least 4 members (excludes halogenated alkanes) is 4. The second-order valence-electron chi connectivity index (χ2n) is 16.4. The summed E-state index contributed by atoms with van der Waals surface area (Å²) in [4.78, 5) is 57.2. The highest BCUT2D eigenvalue weighted by Gasteiger charge is 2.43. The second-order valence-corrected chi connectivity index (χ2v) is 16.4. The summed E-state index contributed by atoms with van der Waals surface area (Å²) in [5.74, 6) is 0.886. The summed E-state index contributed by atoms with van der Waals surface area (Å²) >= 11 is 0. The number of carbonyl (C=O) groups excluding carboxylic acids is 4. The normalized spacial score (nSPS) is 17.5. The highest BCUT2D eigenvalue weighted by atomic mass is 16.5. The van der Waals surface area contributed by atoms with Crippen LogP contribution < -0.4 is 19.3 Å². The topological polar surface area (TPSA) is 106 Å². The Bertz CT molecular complexity index is 1670. The Hall–Kier alpha value is -4.08. The number of anilines is 2. The predicted octanol–water partition coefficient (Wildman–Crippen LogP) is 9.35. The highest BCUT2D eigenvalue weighted by Crippen LogP contribution is 2.42. The first kappa shape index (κ1) is 42.7. The summed E-state index contributed by atoms with van der Waals surface area (Å²) in [5.41, 5.74) is 2.41. The quantitative estimate of drug-likeness (QED) is 0.157. The lowest BCUT2D eigenvalue weighted by molar-refractivity contribution is -0.133. The van der Waals surface area contributed by atoms with Crippen molar-refractivity contribution in [2.24, 2.45) is 0 Å². The van der Waals surface area contributed by atoms with E-state index >= 15 is 0 Å². The Morgan fingerprint density at radius 1 is 0.759 bits per heavy atom. The molecule has 3 aliphatic rings. The average Bonchev–Trinajstić information content (AvgIpc) is 3.11. The molecule has 10 nitrogen and oxygen atoms in total. The van der Waals surface area contributed by atoms with E-state index in [9.17, 15) is 19.2 Å². The predicted molar refractivity (Wildman–Crippen MR) is 215 cm³/mol. The molecular weight excluding hydrogens is 682 g/mol. The van der Waals surface area contributed by atoms with Crippen LogP contribution in [0.2, 0.25) is 0 Å². The standard InChI is InChI=1S/C26H40N2O3.C18H25NO4/c1-7-8-12-15-27-22-17-21(19(4)16-23(22)31-26(5,6)25(27)30)24(29)28(18(2)3)20-13-10-9-11-14-20;1-6-7-8-9-19-14-11-13(16(20)22-5)12(2)10-15(14)23-18(3,4)17(19)21/h16-18,20H,7-15H2,1-6H3;10-11H,6-9H2,1-5H3. The molecule has 0 spiro atoms. The molecule has 0 saturated heterocycles. The monoisotopic (exact) mass is 747 g/mol. The summed E-state index contributed by atoms with van der Waals surface area (Å²) in [6, 6.07) is 7.81. The number of ether oxygens (including phenoxy) is 3. The number of hydrogen-bond donors (Lipinski definition) is 0. The summed E-state index contributed by atoms with van der Waals surface area (Å²) in [5, 5.41) is 0. The van der Waals surface area contributed by atoms with Crippen LogP contribution in [0.5, 0.6) is 11.5 Å². The van der Waals surface area contributed by atoms with Crippen LogP contribution in [-0.4, -0.2) is 72.1 Å². The van der Waals surface area contributed by atoms with Gasteiger partial charge < -0.3 is 28.9 Å². The molecule has 2 aromatic rings. The molecule has 5 rings (SSSR count). The molecule has 1 fully saturated rings. The van der Waals surface area contributed by atoms with Gasteiger partial charge in [-0.15, -0.1) is 0 Å². The van der Waals surface area contributed by atoms with Crippen molar-refractivity contribution in [3.63, 3.8) is 0 Å². The van der Waals surface area contributed by atoms with E-state index in [0.29, 0.717) is 47.4 Å². The Labute approximate surface area is 323 Å². The van der Waals surface area contributed by atoms with Gasteiger partial charge in [0.2, 0.25) is 0 Å². The van der Waals surface area contributed by atoms with Crippen molar-refractivity contribution < 1.29 is 33.4 Å². The largest absolute Gasteiger partial charge is 0.476 e. The first-order valence-corrected chi connectivity index (χ1v) is 20.2. The smallest absolute Gasteiger partial charge is 0.338 e. The maximum absolute atomic E-state index is 13.7. The molecule has 1 saturated carbocycles. The van der Waals surface area contributed by atoms with Crippen molar-refractivity contribution in [1.29, 1.82) is 0 Å². The van der Waals surface area contributed by atoms with E-state index in [1.807, 2.05) is 50.8 Å². The van der Waals surface area contributed by atoms with E-state index in [0.717, 1.165) is 68.2 Å². The van der Waals surface area contributed by atoms with Crippen LogP contribution in [0.3, 0.4) is 0 Å². The Morgan fingerprint density at radius 2 is 1.20 bits per heavy atom. The third kappa shape index (κ3) is 9.40. The molecule has 0 aromatic heterocycles. The van der Waals surface area contributed by atoms with Crippen molar-refractivity contribution in [3.8, 4) is 11.5 Å². The number of carbonyl (C=O) groups is 4. The van der Waals surface area contributed by atoms with Gasteiger partial charge in [0.05, 0.1) is 24.0 Å². The maximum atomic E-state index is 13.7. The minimum Gasteiger partial charge on any atom is -0.476 e. The van der Waals surface area contributed by atoms with E-state index in [2.05, 4.69) is 32.6 Å². The molecule has 2 aromatic carbocycles. The molecule has 298 valence electrons. The summed E-state index contributed by atoms with van der Waals surface area (Å²) in [7, 11) is 1.35. The van der Waals surface area contributed by atoms with Crippen LogP contribution >= 0.6 is 0 Å². The number of hydrogen-bond acceptors (Lipinski definition) is 7. The lowest BCUT2D eigenvalue weighted by atomic mass is 9.92. The number of aryl methyl sites for hydroxylation is 2. The lowest BCUT2D eigenvalue weighted by Gasteiger charge is -2.40. The summed E-state index contributed by atoms with van der Waals surface area (Å²) < 4.78 is 16.8.